The summed E-state index contributed by atoms with van der Waals surface area (Å²) >= 11 is 0. The molecule has 3 rings (SSSR count). The first-order valence-corrected chi connectivity index (χ1v) is 8.43. The second kappa shape index (κ2) is 8.88. The minimum Gasteiger partial charge on any atom is -0.379 e. The fraction of sp³-hybridized carbons (Fsp3) is 0.667. The third-order valence-electron chi connectivity index (χ3n) is 4.98. The van der Waals surface area contributed by atoms with E-state index in [9.17, 15) is 0 Å². The molecular weight excluding hydrogens is 296 g/mol. The van der Waals surface area contributed by atoms with Gasteiger partial charge in [-0.15, -0.1) is 12.4 Å². The van der Waals surface area contributed by atoms with Crippen LogP contribution in [0.3, 0.4) is 0 Å². The van der Waals surface area contributed by atoms with Crippen molar-refractivity contribution in [2.75, 3.05) is 26.3 Å². The van der Waals surface area contributed by atoms with E-state index in [0.29, 0.717) is 12.1 Å². The molecule has 1 aromatic rings. The molecule has 0 radical (unpaired) electrons. The van der Waals surface area contributed by atoms with Gasteiger partial charge in [-0.05, 0) is 44.2 Å². The Labute approximate surface area is 140 Å². The minimum atomic E-state index is 0. The van der Waals surface area contributed by atoms with Crippen LogP contribution in [0.15, 0.2) is 24.3 Å². The van der Waals surface area contributed by atoms with E-state index in [2.05, 4.69) is 41.8 Å². The molecule has 2 fully saturated rings. The van der Waals surface area contributed by atoms with Crippen LogP contribution >= 0.6 is 12.4 Å². The van der Waals surface area contributed by atoms with Crippen LogP contribution < -0.4 is 10.6 Å². The third-order valence-corrected chi connectivity index (χ3v) is 4.98. The molecule has 22 heavy (non-hydrogen) atoms. The van der Waals surface area contributed by atoms with E-state index in [1.807, 2.05) is 0 Å². The van der Waals surface area contributed by atoms with Crippen LogP contribution in [0.25, 0.3) is 0 Å². The second-order valence-corrected chi connectivity index (χ2v) is 6.53. The lowest BCUT2D eigenvalue weighted by atomic mass is 9.94. The highest BCUT2D eigenvalue weighted by atomic mass is 35.5. The number of aryl methyl sites for hydroxylation is 1. The van der Waals surface area contributed by atoms with Crippen molar-refractivity contribution in [3.8, 4) is 0 Å². The summed E-state index contributed by atoms with van der Waals surface area (Å²) in [6.45, 7) is 6.00. The first kappa shape index (κ1) is 17.7. The fourth-order valence-corrected chi connectivity index (χ4v) is 3.74. The lowest BCUT2D eigenvalue weighted by molar-refractivity contribution is 0.0526. The van der Waals surface area contributed by atoms with Crippen molar-refractivity contribution in [2.24, 2.45) is 5.92 Å². The highest BCUT2D eigenvalue weighted by Gasteiger charge is 2.34. The third kappa shape index (κ3) is 4.69. The smallest absolute Gasteiger partial charge is 0.0623 e. The Bertz CT molecular complexity index is 431. The Morgan fingerprint density at radius 3 is 2.77 bits per heavy atom. The highest BCUT2D eigenvalue weighted by Crippen LogP contribution is 2.29. The number of hydrogen-bond donors (Lipinski definition) is 2. The van der Waals surface area contributed by atoms with Crippen LogP contribution in [0, 0.1) is 12.8 Å². The molecule has 1 aliphatic carbocycles. The van der Waals surface area contributed by atoms with Gasteiger partial charge >= 0.3 is 0 Å². The molecule has 4 heteroatoms. The van der Waals surface area contributed by atoms with E-state index < -0.39 is 0 Å². The predicted molar refractivity (Wildman–Crippen MR) is 93.9 cm³/mol. The zero-order chi connectivity index (χ0) is 14.5. The number of halogens is 1. The maximum Gasteiger partial charge on any atom is 0.0623 e. The van der Waals surface area contributed by atoms with Gasteiger partial charge < -0.3 is 15.4 Å². The van der Waals surface area contributed by atoms with Crippen LogP contribution in [0.1, 0.15) is 30.4 Å². The molecule has 3 unspecified atom stereocenters. The van der Waals surface area contributed by atoms with Gasteiger partial charge in [0, 0.05) is 18.6 Å². The number of ether oxygens (including phenoxy) is 1. The summed E-state index contributed by atoms with van der Waals surface area (Å²) in [7, 11) is 0. The maximum absolute atomic E-state index is 5.64. The fourth-order valence-electron chi connectivity index (χ4n) is 3.74. The lowest BCUT2D eigenvalue weighted by Gasteiger charge is -2.33. The normalized spacial score (nSPS) is 28.3. The molecule has 3 atom stereocenters. The summed E-state index contributed by atoms with van der Waals surface area (Å²) in [5.74, 6) is 0.739. The molecule has 1 heterocycles. The van der Waals surface area contributed by atoms with Gasteiger partial charge in [-0.25, -0.2) is 0 Å². The Kier molecular flexibility index (Phi) is 7.16. The summed E-state index contributed by atoms with van der Waals surface area (Å²) in [6.07, 6.45) is 5.13. The number of hydrogen-bond acceptors (Lipinski definition) is 3. The number of morpholine rings is 1. The van der Waals surface area contributed by atoms with Gasteiger partial charge in [0.2, 0.25) is 0 Å². The zero-order valence-electron chi connectivity index (χ0n) is 13.5. The van der Waals surface area contributed by atoms with E-state index in [-0.39, 0.29) is 12.4 Å². The molecule has 0 bridgehead atoms. The first-order chi connectivity index (χ1) is 10.3. The van der Waals surface area contributed by atoms with Crippen LogP contribution in [0.4, 0.5) is 0 Å². The maximum atomic E-state index is 5.64. The Hall–Kier alpha value is -0.610. The number of rotatable bonds is 5. The molecule has 0 amide bonds. The molecule has 0 aromatic heterocycles. The van der Waals surface area contributed by atoms with Gasteiger partial charge in [-0.3, -0.25) is 0 Å². The monoisotopic (exact) mass is 324 g/mol. The minimum absolute atomic E-state index is 0. The molecular formula is C18H29ClN2O. The molecule has 2 aliphatic rings. The van der Waals surface area contributed by atoms with E-state index >= 15 is 0 Å². The average molecular weight is 325 g/mol. The van der Waals surface area contributed by atoms with Gasteiger partial charge in [0.1, 0.15) is 0 Å². The van der Waals surface area contributed by atoms with E-state index in [0.717, 1.165) is 38.6 Å². The van der Waals surface area contributed by atoms with Crippen LogP contribution in [0.2, 0.25) is 0 Å². The van der Waals surface area contributed by atoms with Crippen molar-refractivity contribution in [3.63, 3.8) is 0 Å². The lowest BCUT2D eigenvalue weighted by Crippen LogP contribution is -2.51. The van der Waals surface area contributed by atoms with Crippen molar-refractivity contribution in [3.05, 3.63) is 35.4 Å². The quantitative estimate of drug-likeness (QED) is 0.873. The largest absolute Gasteiger partial charge is 0.379 e. The van der Waals surface area contributed by atoms with Crippen molar-refractivity contribution >= 4 is 12.4 Å². The second-order valence-electron chi connectivity index (χ2n) is 6.53. The molecule has 2 N–H and O–H groups in total. The van der Waals surface area contributed by atoms with Gasteiger partial charge in [0.25, 0.3) is 0 Å². The van der Waals surface area contributed by atoms with Crippen molar-refractivity contribution in [1.29, 1.82) is 0 Å². The molecule has 124 valence electrons. The standard InChI is InChI=1S/C18H28N2O.ClH/c1-14-5-7-15(8-6-14)9-10-19-17-4-2-3-16(17)18-13-21-12-11-20-18;/h5-8,16-20H,2-4,9-13H2,1H3;1H. The van der Waals surface area contributed by atoms with E-state index in [1.54, 1.807) is 0 Å². The topological polar surface area (TPSA) is 33.3 Å². The van der Waals surface area contributed by atoms with Crippen LogP contribution in [-0.2, 0) is 11.2 Å². The number of benzene rings is 1. The Balaban J connectivity index is 0.00000176. The average Bonchev–Trinajstić information content (AvgIpc) is 2.99. The Morgan fingerprint density at radius 2 is 2.05 bits per heavy atom. The van der Waals surface area contributed by atoms with Crippen LogP contribution in [-0.4, -0.2) is 38.4 Å². The van der Waals surface area contributed by atoms with Gasteiger partial charge in [-0.1, -0.05) is 36.2 Å². The molecule has 1 saturated heterocycles. The molecule has 1 aromatic carbocycles. The highest BCUT2D eigenvalue weighted by molar-refractivity contribution is 5.85. The van der Waals surface area contributed by atoms with Gasteiger partial charge in [-0.2, -0.15) is 0 Å². The van der Waals surface area contributed by atoms with Gasteiger partial charge in [0.05, 0.1) is 13.2 Å². The molecule has 1 saturated carbocycles. The molecule has 3 nitrogen and oxygen atoms in total. The Morgan fingerprint density at radius 1 is 1.23 bits per heavy atom. The van der Waals surface area contributed by atoms with Gasteiger partial charge in [0.15, 0.2) is 0 Å². The van der Waals surface area contributed by atoms with E-state index in [4.69, 9.17) is 4.74 Å². The predicted octanol–water partition coefficient (Wildman–Crippen LogP) is 2.71. The number of nitrogens with one attached hydrogen (secondary N) is 2. The zero-order valence-corrected chi connectivity index (χ0v) is 14.3. The van der Waals surface area contributed by atoms with Crippen molar-refractivity contribution < 1.29 is 4.74 Å². The summed E-state index contributed by atoms with van der Waals surface area (Å²) in [6, 6.07) is 10.1. The summed E-state index contributed by atoms with van der Waals surface area (Å²) in [4.78, 5) is 0. The van der Waals surface area contributed by atoms with E-state index in [1.165, 1.54) is 30.4 Å². The summed E-state index contributed by atoms with van der Waals surface area (Å²) in [5.41, 5.74) is 2.77. The van der Waals surface area contributed by atoms with Crippen LogP contribution in [0.5, 0.6) is 0 Å². The van der Waals surface area contributed by atoms with Crippen molar-refractivity contribution in [1.82, 2.24) is 10.6 Å². The molecule has 0 spiro atoms. The first-order valence-electron chi connectivity index (χ1n) is 8.43. The molecule has 1 aliphatic heterocycles. The van der Waals surface area contributed by atoms with Crippen molar-refractivity contribution in [2.45, 2.75) is 44.7 Å². The SMILES string of the molecule is Cc1ccc(CCNC2CCCC2C2COCCN2)cc1.Cl. The summed E-state index contributed by atoms with van der Waals surface area (Å²) in [5, 5.41) is 7.44. The summed E-state index contributed by atoms with van der Waals surface area (Å²) < 4.78 is 5.64.